The number of hydrogen-bond acceptors (Lipinski definition) is 2. The van der Waals surface area contributed by atoms with Gasteiger partial charge in [-0.3, -0.25) is 0 Å². The smallest absolute Gasteiger partial charge is 0.125 e. The number of fused-ring (bicyclic) bond motifs is 1. The van der Waals surface area contributed by atoms with Crippen molar-refractivity contribution >= 4 is 10.9 Å². The number of aromatic nitrogens is 1. The zero-order chi connectivity index (χ0) is 21.7. The zero-order valence-corrected chi connectivity index (χ0v) is 18.6. The molecule has 1 saturated carbocycles. The summed E-state index contributed by atoms with van der Waals surface area (Å²) in [5.74, 6) is 0.689. The van der Waals surface area contributed by atoms with Crippen molar-refractivity contribution in [3.63, 3.8) is 0 Å². The van der Waals surface area contributed by atoms with Crippen molar-refractivity contribution in [2.75, 3.05) is 13.7 Å². The number of phenols is 1. The maximum absolute atomic E-state index is 13.7. The number of methoxy groups -OCH3 is 1. The first-order chi connectivity index (χ1) is 14.2. The summed E-state index contributed by atoms with van der Waals surface area (Å²) >= 11 is 0. The summed E-state index contributed by atoms with van der Waals surface area (Å²) in [7, 11) is 1.73. The van der Waals surface area contributed by atoms with Gasteiger partial charge in [-0.25, -0.2) is 4.39 Å². The second-order valence-electron chi connectivity index (χ2n) is 9.93. The maximum atomic E-state index is 13.7. The molecule has 2 unspecified atom stereocenters. The first kappa shape index (κ1) is 20.9. The number of aromatic hydroxyl groups is 1. The summed E-state index contributed by atoms with van der Waals surface area (Å²) < 4.78 is 21.6. The van der Waals surface area contributed by atoms with Gasteiger partial charge >= 0.3 is 0 Å². The third-order valence-corrected chi connectivity index (χ3v) is 6.79. The zero-order valence-electron chi connectivity index (χ0n) is 18.6. The van der Waals surface area contributed by atoms with E-state index in [-0.39, 0.29) is 16.6 Å². The summed E-state index contributed by atoms with van der Waals surface area (Å²) in [5.41, 5.74) is 3.86. The summed E-state index contributed by atoms with van der Waals surface area (Å²) in [4.78, 5) is 0. The highest BCUT2D eigenvalue weighted by Gasteiger charge is 2.43. The molecule has 0 spiro atoms. The molecule has 160 valence electrons. The lowest BCUT2D eigenvalue weighted by Crippen LogP contribution is -2.31. The third-order valence-electron chi connectivity index (χ3n) is 6.79. The predicted octanol–water partition coefficient (Wildman–Crippen LogP) is 6.48. The van der Waals surface area contributed by atoms with E-state index in [0.717, 1.165) is 35.1 Å². The highest BCUT2D eigenvalue weighted by Crippen LogP contribution is 2.52. The van der Waals surface area contributed by atoms with Crippen molar-refractivity contribution in [1.29, 1.82) is 0 Å². The molecule has 0 saturated heterocycles. The molecular weight excluding hydrogens is 377 g/mol. The molecule has 2 atom stereocenters. The molecule has 1 aliphatic carbocycles. The highest BCUT2D eigenvalue weighted by molar-refractivity contribution is 5.94. The van der Waals surface area contributed by atoms with Crippen molar-refractivity contribution in [3.8, 4) is 11.4 Å². The van der Waals surface area contributed by atoms with Gasteiger partial charge in [-0.2, -0.15) is 0 Å². The van der Waals surface area contributed by atoms with Crippen LogP contribution in [-0.2, 0) is 15.6 Å². The largest absolute Gasteiger partial charge is 0.507 e. The molecule has 4 rings (SSSR count). The average molecular weight is 410 g/mol. The fraction of sp³-hybridized carbons (Fsp3) is 0.462. The Bertz CT molecular complexity index is 1070. The van der Waals surface area contributed by atoms with Crippen molar-refractivity contribution in [3.05, 3.63) is 59.5 Å². The first-order valence-electron chi connectivity index (χ1n) is 10.8. The fourth-order valence-corrected chi connectivity index (χ4v) is 5.60. The minimum atomic E-state index is -0.307. The van der Waals surface area contributed by atoms with Gasteiger partial charge in [0, 0.05) is 29.3 Å². The second-order valence-corrected chi connectivity index (χ2v) is 9.93. The van der Waals surface area contributed by atoms with Gasteiger partial charge in [-0.05, 0) is 72.6 Å². The molecule has 1 N–H and O–H groups in total. The van der Waals surface area contributed by atoms with E-state index in [4.69, 9.17) is 4.74 Å². The lowest BCUT2D eigenvalue weighted by atomic mass is 9.73. The molecule has 3 aromatic rings. The number of halogens is 1. The maximum Gasteiger partial charge on any atom is 0.125 e. The molecule has 2 aromatic carbocycles. The monoisotopic (exact) mass is 409 g/mol. The number of nitrogens with zero attached hydrogens (tertiary/aromatic N) is 1. The standard InChI is InChI=1S/C26H32FNO2/c1-17-13-14-26(4,15-17)23-22-20(7-6-8-21(22)29)28(19-11-9-18(27)10-12-19)24(23)25(2,3)16-30-5/h6-12,17,29H,13-16H2,1-5H3. The summed E-state index contributed by atoms with van der Waals surface area (Å²) in [6, 6.07) is 12.3. The highest BCUT2D eigenvalue weighted by atomic mass is 19.1. The van der Waals surface area contributed by atoms with E-state index >= 15 is 0 Å². The number of ether oxygens (including phenoxy) is 1. The van der Waals surface area contributed by atoms with E-state index in [9.17, 15) is 9.50 Å². The minimum Gasteiger partial charge on any atom is -0.507 e. The molecule has 30 heavy (non-hydrogen) atoms. The van der Waals surface area contributed by atoms with Gasteiger partial charge in [-0.15, -0.1) is 0 Å². The lowest BCUT2D eigenvalue weighted by Gasteiger charge is -2.33. The molecule has 1 aromatic heterocycles. The second kappa shape index (κ2) is 7.42. The van der Waals surface area contributed by atoms with Crippen molar-refractivity contribution in [2.24, 2.45) is 5.92 Å². The SMILES string of the molecule is COCC(C)(C)c1c(C2(C)CCC(C)C2)c2c(O)cccc2n1-c1ccc(F)cc1. The van der Waals surface area contributed by atoms with Gasteiger partial charge in [0.15, 0.2) is 0 Å². The van der Waals surface area contributed by atoms with Crippen molar-refractivity contribution in [1.82, 2.24) is 4.57 Å². The Balaban J connectivity index is 2.15. The molecule has 3 nitrogen and oxygen atoms in total. The quantitative estimate of drug-likeness (QED) is 0.523. The van der Waals surface area contributed by atoms with Crippen molar-refractivity contribution in [2.45, 2.75) is 57.8 Å². The Hall–Kier alpha value is -2.33. The van der Waals surface area contributed by atoms with Gasteiger partial charge in [0.05, 0.1) is 12.1 Å². The van der Waals surface area contributed by atoms with E-state index < -0.39 is 0 Å². The molecule has 0 aliphatic heterocycles. The van der Waals surface area contributed by atoms with E-state index in [1.807, 2.05) is 18.2 Å². The summed E-state index contributed by atoms with van der Waals surface area (Å²) in [6.45, 7) is 9.56. The van der Waals surface area contributed by atoms with Crippen LogP contribution in [0.4, 0.5) is 4.39 Å². The van der Waals surface area contributed by atoms with Gasteiger partial charge < -0.3 is 14.4 Å². The molecule has 0 bridgehead atoms. The van der Waals surface area contributed by atoms with Crippen LogP contribution >= 0.6 is 0 Å². The van der Waals surface area contributed by atoms with Gasteiger partial charge in [0.25, 0.3) is 0 Å². The molecule has 4 heteroatoms. The van der Waals surface area contributed by atoms with Crippen LogP contribution in [0.15, 0.2) is 42.5 Å². The number of hydrogen-bond donors (Lipinski definition) is 1. The lowest BCUT2D eigenvalue weighted by molar-refractivity contribution is 0.143. The number of phenolic OH excluding ortho intramolecular Hbond substituents is 1. The average Bonchev–Trinajstić information content (AvgIpc) is 3.22. The van der Waals surface area contributed by atoms with E-state index in [2.05, 4.69) is 38.3 Å². The van der Waals surface area contributed by atoms with Crippen LogP contribution in [0.1, 0.15) is 58.2 Å². The van der Waals surface area contributed by atoms with Crippen LogP contribution in [0.5, 0.6) is 5.75 Å². The topological polar surface area (TPSA) is 34.4 Å². The van der Waals surface area contributed by atoms with E-state index in [1.165, 1.54) is 24.1 Å². The Labute approximate surface area is 178 Å². The third kappa shape index (κ3) is 3.31. The molecule has 1 aliphatic rings. The molecule has 1 heterocycles. The Morgan fingerprint density at radius 2 is 1.90 bits per heavy atom. The minimum absolute atomic E-state index is 0.0396. The summed E-state index contributed by atoms with van der Waals surface area (Å²) in [6.07, 6.45) is 3.35. The Morgan fingerprint density at radius 1 is 1.20 bits per heavy atom. The molecular formula is C26H32FNO2. The van der Waals surface area contributed by atoms with Crippen LogP contribution in [0.3, 0.4) is 0 Å². The fourth-order valence-electron chi connectivity index (χ4n) is 5.60. The Kier molecular flexibility index (Phi) is 5.17. The summed E-state index contributed by atoms with van der Waals surface area (Å²) in [5, 5.41) is 11.9. The number of rotatable bonds is 5. The normalized spacial score (nSPS) is 22.1. The van der Waals surface area contributed by atoms with Gasteiger partial charge in [-0.1, -0.05) is 33.8 Å². The van der Waals surface area contributed by atoms with E-state index in [1.54, 1.807) is 13.2 Å². The molecule has 1 fully saturated rings. The predicted molar refractivity (Wildman–Crippen MR) is 120 cm³/mol. The van der Waals surface area contributed by atoms with Crippen molar-refractivity contribution < 1.29 is 14.2 Å². The van der Waals surface area contributed by atoms with Crippen LogP contribution in [0, 0.1) is 11.7 Å². The molecule has 0 radical (unpaired) electrons. The van der Waals surface area contributed by atoms with Crippen LogP contribution < -0.4 is 0 Å². The Morgan fingerprint density at radius 3 is 2.50 bits per heavy atom. The number of benzene rings is 2. The van der Waals surface area contributed by atoms with Gasteiger partial charge in [0.2, 0.25) is 0 Å². The van der Waals surface area contributed by atoms with Crippen LogP contribution in [-0.4, -0.2) is 23.4 Å². The first-order valence-corrected chi connectivity index (χ1v) is 10.8. The van der Waals surface area contributed by atoms with Crippen LogP contribution in [0.2, 0.25) is 0 Å². The van der Waals surface area contributed by atoms with Crippen LogP contribution in [0.25, 0.3) is 16.6 Å². The molecule has 0 amide bonds. The van der Waals surface area contributed by atoms with E-state index in [0.29, 0.717) is 18.3 Å². The van der Waals surface area contributed by atoms with Gasteiger partial charge in [0.1, 0.15) is 11.6 Å².